The van der Waals surface area contributed by atoms with Gasteiger partial charge in [0.15, 0.2) is 5.11 Å². The normalized spacial score (nSPS) is 17.9. The van der Waals surface area contributed by atoms with Gasteiger partial charge in [-0.1, -0.05) is 12.1 Å². The average Bonchev–Trinajstić information content (AvgIpc) is 2.46. The third kappa shape index (κ3) is 3.16. The van der Waals surface area contributed by atoms with E-state index >= 15 is 0 Å². The van der Waals surface area contributed by atoms with E-state index in [0.717, 1.165) is 17.0 Å². The fraction of sp³-hybridized carbons (Fsp3) is 0.333. The van der Waals surface area contributed by atoms with E-state index in [-0.39, 0.29) is 11.9 Å². The van der Waals surface area contributed by atoms with Crippen LogP contribution in [0.5, 0.6) is 5.75 Å². The first-order valence-electron chi connectivity index (χ1n) is 6.58. The molecule has 0 radical (unpaired) electrons. The van der Waals surface area contributed by atoms with Crippen molar-refractivity contribution in [3.05, 3.63) is 41.1 Å². The lowest BCUT2D eigenvalue weighted by molar-refractivity contribution is -0.125. The molecule has 6 heteroatoms. The van der Waals surface area contributed by atoms with E-state index in [9.17, 15) is 4.79 Å². The monoisotopic (exact) mass is 305 g/mol. The van der Waals surface area contributed by atoms with Gasteiger partial charge in [-0.15, -0.1) is 0 Å². The Balaban J connectivity index is 2.44. The van der Waals surface area contributed by atoms with Gasteiger partial charge in [-0.05, 0) is 36.8 Å². The molecule has 1 atom stereocenters. The maximum atomic E-state index is 12.4. The third-order valence-corrected chi connectivity index (χ3v) is 3.57. The summed E-state index contributed by atoms with van der Waals surface area (Å²) >= 11 is 5.21. The van der Waals surface area contributed by atoms with Gasteiger partial charge in [0.25, 0.3) is 5.91 Å². The molecule has 0 spiro atoms. The van der Waals surface area contributed by atoms with Crippen molar-refractivity contribution in [2.75, 3.05) is 21.2 Å². The van der Waals surface area contributed by atoms with Crippen LogP contribution in [0.4, 0.5) is 0 Å². The van der Waals surface area contributed by atoms with Crippen molar-refractivity contribution in [1.82, 2.24) is 15.5 Å². The SMILES string of the molecule is COc1ccc([C@H]2NC(=S)NC(C)=C2C(=O)N(C)C)cc1. The van der Waals surface area contributed by atoms with Gasteiger partial charge in [-0.25, -0.2) is 0 Å². The van der Waals surface area contributed by atoms with Crippen LogP contribution in [0.25, 0.3) is 0 Å². The highest BCUT2D eigenvalue weighted by molar-refractivity contribution is 7.80. The van der Waals surface area contributed by atoms with Gasteiger partial charge in [-0.3, -0.25) is 4.79 Å². The summed E-state index contributed by atoms with van der Waals surface area (Å²) in [4.78, 5) is 14.0. The molecule has 1 amide bonds. The standard InChI is InChI=1S/C15H19N3O2S/c1-9-12(14(19)18(2)3)13(17-15(21)16-9)10-5-7-11(20-4)8-6-10/h5-8,13H,1-4H3,(H2,16,17,21)/t13-/m1/s1. The molecule has 0 bridgehead atoms. The first-order valence-corrected chi connectivity index (χ1v) is 6.98. The second kappa shape index (κ2) is 6.13. The molecule has 0 aromatic heterocycles. The number of hydrogen-bond donors (Lipinski definition) is 2. The Kier molecular flexibility index (Phi) is 4.47. The fourth-order valence-electron chi connectivity index (χ4n) is 2.26. The lowest BCUT2D eigenvalue weighted by Crippen LogP contribution is -2.46. The second-order valence-corrected chi connectivity index (χ2v) is 5.45. The highest BCUT2D eigenvalue weighted by Gasteiger charge is 2.30. The van der Waals surface area contributed by atoms with Crippen LogP contribution < -0.4 is 15.4 Å². The van der Waals surface area contributed by atoms with E-state index in [1.807, 2.05) is 31.2 Å². The Hall–Kier alpha value is -2.08. The molecule has 1 aromatic rings. The van der Waals surface area contributed by atoms with Crippen molar-refractivity contribution < 1.29 is 9.53 Å². The number of methoxy groups -OCH3 is 1. The molecule has 5 nitrogen and oxygen atoms in total. The summed E-state index contributed by atoms with van der Waals surface area (Å²) in [6, 6.07) is 7.34. The number of thiocarbonyl (C=S) groups is 1. The number of carbonyl (C=O) groups excluding carboxylic acids is 1. The van der Waals surface area contributed by atoms with Crippen LogP contribution in [0.3, 0.4) is 0 Å². The Bertz CT molecular complexity index is 593. The topological polar surface area (TPSA) is 53.6 Å². The largest absolute Gasteiger partial charge is 0.497 e. The van der Waals surface area contributed by atoms with Crippen molar-refractivity contribution in [1.29, 1.82) is 0 Å². The number of benzene rings is 1. The molecule has 2 N–H and O–H groups in total. The summed E-state index contributed by atoms with van der Waals surface area (Å²) in [6.45, 7) is 1.86. The predicted octanol–water partition coefficient (Wildman–Crippen LogP) is 1.58. The zero-order chi connectivity index (χ0) is 15.6. The van der Waals surface area contributed by atoms with Crippen molar-refractivity contribution in [2.45, 2.75) is 13.0 Å². The average molecular weight is 305 g/mol. The zero-order valence-corrected chi connectivity index (χ0v) is 13.4. The number of amides is 1. The van der Waals surface area contributed by atoms with Crippen LogP contribution in [-0.4, -0.2) is 37.1 Å². The molecule has 0 saturated carbocycles. The molecule has 21 heavy (non-hydrogen) atoms. The molecule has 112 valence electrons. The van der Waals surface area contributed by atoms with Gasteiger partial charge < -0.3 is 20.3 Å². The maximum Gasteiger partial charge on any atom is 0.253 e. The van der Waals surface area contributed by atoms with Crippen LogP contribution in [0, 0.1) is 0 Å². The first-order chi connectivity index (χ1) is 9.93. The van der Waals surface area contributed by atoms with Crippen LogP contribution in [0.1, 0.15) is 18.5 Å². The lowest BCUT2D eigenvalue weighted by Gasteiger charge is -2.31. The summed E-state index contributed by atoms with van der Waals surface area (Å²) in [5.74, 6) is 0.729. The van der Waals surface area contributed by atoms with Gasteiger partial charge in [0, 0.05) is 19.8 Å². The summed E-state index contributed by atoms with van der Waals surface area (Å²) in [5.41, 5.74) is 2.40. The van der Waals surface area contributed by atoms with E-state index < -0.39 is 0 Å². The van der Waals surface area contributed by atoms with E-state index in [4.69, 9.17) is 17.0 Å². The highest BCUT2D eigenvalue weighted by atomic mass is 32.1. The molecule has 0 saturated heterocycles. The van der Waals surface area contributed by atoms with Crippen LogP contribution >= 0.6 is 12.2 Å². The highest BCUT2D eigenvalue weighted by Crippen LogP contribution is 2.28. The number of ether oxygens (including phenoxy) is 1. The molecule has 1 aliphatic rings. The van der Waals surface area contributed by atoms with E-state index in [0.29, 0.717) is 10.7 Å². The summed E-state index contributed by atoms with van der Waals surface area (Å²) in [5, 5.41) is 6.69. The van der Waals surface area contributed by atoms with Crippen molar-refractivity contribution >= 4 is 23.2 Å². The number of allylic oxidation sites excluding steroid dienone is 1. The number of nitrogens with zero attached hydrogens (tertiary/aromatic N) is 1. The number of nitrogens with one attached hydrogen (secondary N) is 2. The van der Waals surface area contributed by atoms with Crippen molar-refractivity contribution in [2.24, 2.45) is 0 Å². The molecule has 1 heterocycles. The van der Waals surface area contributed by atoms with Gasteiger partial charge in [0.05, 0.1) is 18.7 Å². The van der Waals surface area contributed by atoms with E-state index in [2.05, 4.69) is 10.6 Å². The third-order valence-electron chi connectivity index (χ3n) is 3.35. The Labute approximate surface area is 130 Å². The van der Waals surface area contributed by atoms with Crippen molar-refractivity contribution in [3.8, 4) is 5.75 Å². The molecular formula is C15H19N3O2S. The summed E-state index contributed by atoms with van der Waals surface area (Å²) < 4.78 is 5.17. The Morgan fingerprint density at radius 2 is 1.90 bits per heavy atom. The molecular weight excluding hydrogens is 286 g/mol. The molecule has 0 aliphatic carbocycles. The first kappa shape index (κ1) is 15.3. The van der Waals surface area contributed by atoms with Gasteiger partial charge >= 0.3 is 0 Å². The van der Waals surface area contributed by atoms with Gasteiger partial charge in [-0.2, -0.15) is 0 Å². The molecule has 1 aliphatic heterocycles. The molecule has 0 fully saturated rings. The minimum absolute atomic E-state index is 0.0455. The van der Waals surface area contributed by atoms with Crippen LogP contribution in [0.15, 0.2) is 35.5 Å². The smallest absolute Gasteiger partial charge is 0.253 e. The molecule has 2 rings (SSSR count). The Morgan fingerprint density at radius 1 is 1.29 bits per heavy atom. The zero-order valence-electron chi connectivity index (χ0n) is 12.6. The van der Waals surface area contributed by atoms with E-state index in [1.165, 1.54) is 0 Å². The Morgan fingerprint density at radius 3 is 2.43 bits per heavy atom. The quantitative estimate of drug-likeness (QED) is 0.830. The lowest BCUT2D eigenvalue weighted by atomic mass is 9.94. The van der Waals surface area contributed by atoms with E-state index in [1.54, 1.807) is 26.1 Å². The maximum absolute atomic E-state index is 12.4. The molecule has 1 aromatic carbocycles. The fourth-order valence-corrected chi connectivity index (χ4v) is 2.54. The number of carbonyl (C=O) groups is 1. The number of likely N-dealkylation sites (N-methyl/N-ethyl adjacent to an activating group) is 1. The number of rotatable bonds is 3. The minimum atomic E-state index is -0.264. The van der Waals surface area contributed by atoms with Crippen LogP contribution in [-0.2, 0) is 4.79 Å². The second-order valence-electron chi connectivity index (χ2n) is 5.04. The van der Waals surface area contributed by atoms with Gasteiger partial charge in [0.1, 0.15) is 5.75 Å². The molecule has 0 unspecified atom stereocenters. The number of hydrogen-bond acceptors (Lipinski definition) is 3. The van der Waals surface area contributed by atoms with Crippen molar-refractivity contribution in [3.63, 3.8) is 0 Å². The minimum Gasteiger partial charge on any atom is -0.497 e. The van der Waals surface area contributed by atoms with Gasteiger partial charge in [0.2, 0.25) is 0 Å². The predicted molar refractivity (Wildman–Crippen MR) is 86.0 cm³/mol. The summed E-state index contributed by atoms with van der Waals surface area (Å²) in [6.07, 6.45) is 0. The van der Waals surface area contributed by atoms with Crippen LogP contribution in [0.2, 0.25) is 0 Å². The summed E-state index contributed by atoms with van der Waals surface area (Å²) in [7, 11) is 5.10.